The lowest BCUT2D eigenvalue weighted by Crippen LogP contribution is -2.25. The summed E-state index contributed by atoms with van der Waals surface area (Å²) in [6.07, 6.45) is 2.33. The first-order valence-electron chi connectivity index (χ1n) is 7.98. The molecule has 1 saturated carbocycles. The molecule has 0 heterocycles. The summed E-state index contributed by atoms with van der Waals surface area (Å²) >= 11 is 0. The zero-order valence-electron chi connectivity index (χ0n) is 13.3. The van der Waals surface area contributed by atoms with Crippen molar-refractivity contribution in [1.29, 1.82) is 0 Å². The number of carboxylic acids is 1. The molecule has 124 valence electrons. The Labute approximate surface area is 140 Å². The third kappa shape index (κ3) is 4.00. The van der Waals surface area contributed by atoms with Crippen LogP contribution in [0.5, 0.6) is 0 Å². The fourth-order valence-electron chi connectivity index (χ4n) is 2.80. The van der Waals surface area contributed by atoms with Crippen LogP contribution >= 0.6 is 0 Å². The molecule has 2 aromatic carbocycles. The smallest absolute Gasteiger partial charge is 0.335 e. The quantitative estimate of drug-likeness (QED) is 0.820. The van der Waals surface area contributed by atoms with E-state index in [1.54, 1.807) is 30.3 Å². The molecule has 24 heavy (non-hydrogen) atoms. The molecule has 1 fully saturated rings. The highest BCUT2D eigenvalue weighted by Gasteiger charge is 2.29. The third-order valence-corrected chi connectivity index (χ3v) is 4.25. The predicted octanol–water partition coefficient (Wildman–Crippen LogP) is 2.65. The Morgan fingerprint density at radius 2 is 1.67 bits per heavy atom. The third-order valence-electron chi connectivity index (χ3n) is 4.25. The van der Waals surface area contributed by atoms with Gasteiger partial charge in [0, 0.05) is 24.7 Å². The number of carboxylic acid groups (broad SMARTS) is 1. The van der Waals surface area contributed by atoms with Gasteiger partial charge in [0.1, 0.15) is 0 Å². The number of benzene rings is 2. The Hall–Kier alpha value is -2.66. The number of hydrogen-bond acceptors (Lipinski definition) is 3. The largest absolute Gasteiger partial charge is 0.478 e. The summed E-state index contributed by atoms with van der Waals surface area (Å²) in [5.41, 5.74) is 8.19. The lowest BCUT2D eigenvalue weighted by atomic mass is 10.1. The molecule has 0 atom stereocenters. The SMILES string of the molecule is NC(=O)c1ccc(CN(Cc2cccc(C(=O)O)c2)C2CC2)cc1. The van der Waals surface area contributed by atoms with Crippen molar-refractivity contribution in [2.45, 2.75) is 32.0 Å². The zero-order valence-corrected chi connectivity index (χ0v) is 13.3. The molecule has 3 rings (SSSR count). The van der Waals surface area contributed by atoms with Crippen LogP contribution < -0.4 is 5.73 Å². The van der Waals surface area contributed by atoms with Gasteiger partial charge in [-0.05, 0) is 48.2 Å². The molecule has 5 heteroatoms. The van der Waals surface area contributed by atoms with Gasteiger partial charge < -0.3 is 10.8 Å². The Morgan fingerprint density at radius 1 is 1.00 bits per heavy atom. The van der Waals surface area contributed by atoms with Crippen LogP contribution in [0.2, 0.25) is 0 Å². The molecule has 2 aromatic rings. The van der Waals surface area contributed by atoms with Crippen molar-refractivity contribution < 1.29 is 14.7 Å². The summed E-state index contributed by atoms with van der Waals surface area (Å²) in [5.74, 6) is -1.33. The topological polar surface area (TPSA) is 83.6 Å². The maximum absolute atomic E-state index is 11.1. The van der Waals surface area contributed by atoms with Gasteiger partial charge in [0.25, 0.3) is 0 Å². The van der Waals surface area contributed by atoms with Gasteiger partial charge in [-0.25, -0.2) is 4.79 Å². The first kappa shape index (κ1) is 16.2. The highest BCUT2D eigenvalue weighted by molar-refractivity contribution is 5.92. The van der Waals surface area contributed by atoms with Crippen LogP contribution in [0.25, 0.3) is 0 Å². The lowest BCUT2D eigenvalue weighted by molar-refractivity contribution is 0.0696. The van der Waals surface area contributed by atoms with Crippen molar-refractivity contribution >= 4 is 11.9 Å². The standard InChI is InChI=1S/C19H20N2O3/c20-18(22)15-6-4-13(5-7-15)11-21(17-8-9-17)12-14-2-1-3-16(10-14)19(23)24/h1-7,10,17H,8-9,11-12H2,(H2,20,22)(H,23,24). The summed E-state index contributed by atoms with van der Waals surface area (Å²) in [5, 5.41) is 9.12. The van der Waals surface area contributed by atoms with Gasteiger partial charge in [0.05, 0.1) is 5.56 Å². The van der Waals surface area contributed by atoms with E-state index in [0.717, 1.165) is 30.5 Å². The van der Waals surface area contributed by atoms with Crippen LogP contribution in [0.15, 0.2) is 48.5 Å². The average molecular weight is 324 g/mol. The molecule has 0 aromatic heterocycles. The summed E-state index contributed by atoms with van der Waals surface area (Å²) in [6.45, 7) is 1.48. The number of amides is 1. The number of primary amides is 1. The fraction of sp³-hybridized carbons (Fsp3) is 0.263. The molecule has 0 saturated heterocycles. The molecule has 1 aliphatic rings. The van der Waals surface area contributed by atoms with Gasteiger partial charge in [0.2, 0.25) is 5.91 Å². The Balaban J connectivity index is 1.72. The Kier molecular flexibility index (Phi) is 4.62. The van der Waals surface area contributed by atoms with Crippen molar-refractivity contribution in [3.8, 4) is 0 Å². The molecule has 1 amide bonds. The number of aromatic carboxylic acids is 1. The molecule has 0 spiro atoms. The highest BCUT2D eigenvalue weighted by Crippen LogP contribution is 2.30. The summed E-state index contributed by atoms with van der Waals surface area (Å²) < 4.78 is 0. The number of carbonyl (C=O) groups is 2. The van der Waals surface area contributed by atoms with Gasteiger partial charge in [-0.15, -0.1) is 0 Å². The van der Waals surface area contributed by atoms with Crippen molar-refractivity contribution in [3.63, 3.8) is 0 Å². The van der Waals surface area contributed by atoms with E-state index in [9.17, 15) is 9.59 Å². The molecule has 0 aliphatic heterocycles. The number of hydrogen-bond donors (Lipinski definition) is 2. The van der Waals surface area contributed by atoms with Crippen molar-refractivity contribution in [2.24, 2.45) is 5.73 Å². The van der Waals surface area contributed by atoms with Crippen LogP contribution in [0, 0.1) is 0 Å². The van der Waals surface area contributed by atoms with E-state index in [1.807, 2.05) is 18.2 Å². The Morgan fingerprint density at radius 3 is 2.25 bits per heavy atom. The van der Waals surface area contributed by atoms with Gasteiger partial charge in [-0.3, -0.25) is 9.69 Å². The number of rotatable bonds is 7. The Bertz CT molecular complexity index is 751. The number of carbonyl (C=O) groups excluding carboxylic acids is 1. The van der Waals surface area contributed by atoms with Gasteiger partial charge in [-0.1, -0.05) is 24.3 Å². The molecule has 0 radical (unpaired) electrons. The second-order valence-electron chi connectivity index (χ2n) is 6.20. The van der Waals surface area contributed by atoms with Gasteiger partial charge >= 0.3 is 5.97 Å². The lowest BCUT2D eigenvalue weighted by Gasteiger charge is -2.22. The molecule has 0 unspecified atom stereocenters. The van der Waals surface area contributed by atoms with Gasteiger partial charge in [-0.2, -0.15) is 0 Å². The monoisotopic (exact) mass is 324 g/mol. The van der Waals surface area contributed by atoms with Crippen molar-refractivity contribution in [3.05, 3.63) is 70.8 Å². The van der Waals surface area contributed by atoms with E-state index in [0.29, 0.717) is 23.7 Å². The highest BCUT2D eigenvalue weighted by atomic mass is 16.4. The van der Waals surface area contributed by atoms with Crippen LogP contribution in [0.3, 0.4) is 0 Å². The average Bonchev–Trinajstić information content (AvgIpc) is 3.40. The minimum Gasteiger partial charge on any atom is -0.478 e. The second kappa shape index (κ2) is 6.84. The second-order valence-corrected chi connectivity index (χ2v) is 6.20. The van der Waals surface area contributed by atoms with Gasteiger partial charge in [0.15, 0.2) is 0 Å². The van der Waals surface area contributed by atoms with Crippen molar-refractivity contribution in [1.82, 2.24) is 4.90 Å². The minimum absolute atomic E-state index is 0.314. The maximum atomic E-state index is 11.1. The molecule has 0 bridgehead atoms. The predicted molar refractivity (Wildman–Crippen MR) is 90.6 cm³/mol. The fourth-order valence-corrected chi connectivity index (χ4v) is 2.80. The number of nitrogens with two attached hydrogens (primary N) is 1. The number of nitrogens with zero attached hydrogens (tertiary/aromatic N) is 1. The summed E-state index contributed by atoms with van der Waals surface area (Å²) in [7, 11) is 0. The first-order valence-corrected chi connectivity index (χ1v) is 7.98. The van der Waals surface area contributed by atoms with Crippen LogP contribution in [-0.4, -0.2) is 27.9 Å². The van der Waals surface area contributed by atoms with Crippen LogP contribution in [0.1, 0.15) is 44.7 Å². The van der Waals surface area contributed by atoms with E-state index in [-0.39, 0.29) is 0 Å². The van der Waals surface area contributed by atoms with E-state index in [2.05, 4.69) is 4.90 Å². The zero-order chi connectivity index (χ0) is 17.1. The molecular weight excluding hydrogens is 304 g/mol. The normalized spacial score (nSPS) is 13.9. The first-order chi connectivity index (χ1) is 11.5. The molecule has 5 nitrogen and oxygen atoms in total. The van der Waals surface area contributed by atoms with Crippen LogP contribution in [-0.2, 0) is 13.1 Å². The minimum atomic E-state index is -0.906. The van der Waals surface area contributed by atoms with E-state index < -0.39 is 11.9 Å². The maximum Gasteiger partial charge on any atom is 0.335 e. The molecular formula is C19H20N2O3. The van der Waals surface area contributed by atoms with E-state index in [4.69, 9.17) is 10.8 Å². The summed E-state index contributed by atoms with van der Waals surface area (Å²) in [4.78, 5) is 24.6. The van der Waals surface area contributed by atoms with E-state index >= 15 is 0 Å². The van der Waals surface area contributed by atoms with E-state index in [1.165, 1.54) is 0 Å². The molecule has 3 N–H and O–H groups in total. The molecule has 1 aliphatic carbocycles. The van der Waals surface area contributed by atoms with Crippen molar-refractivity contribution in [2.75, 3.05) is 0 Å². The summed E-state index contributed by atoms with van der Waals surface area (Å²) in [6, 6.07) is 14.9. The van der Waals surface area contributed by atoms with Crippen LogP contribution in [0.4, 0.5) is 0 Å².